The molecule has 0 saturated heterocycles. The van der Waals surface area contributed by atoms with Crippen LogP contribution >= 0.6 is 0 Å². The first-order valence-corrected chi connectivity index (χ1v) is 7.33. The van der Waals surface area contributed by atoms with Crippen molar-refractivity contribution in [2.45, 2.75) is 33.9 Å². The molecule has 1 aromatic heterocycles. The summed E-state index contributed by atoms with van der Waals surface area (Å²) in [6.45, 7) is 7.64. The zero-order chi connectivity index (χ0) is 14.8. The first-order valence-electron chi connectivity index (χ1n) is 7.33. The molecule has 0 aliphatic rings. The predicted molar refractivity (Wildman–Crippen MR) is 85.7 cm³/mol. The molecule has 0 aliphatic carbocycles. The van der Waals surface area contributed by atoms with Crippen LogP contribution in [0.2, 0.25) is 0 Å². The molecule has 0 atom stereocenters. The van der Waals surface area contributed by atoms with Crippen LogP contribution in [-0.2, 0) is 13.2 Å². The van der Waals surface area contributed by atoms with E-state index in [1.54, 1.807) is 0 Å². The highest BCUT2D eigenvalue weighted by atomic mass is 16.5. The minimum Gasteiger partial charge on any atom is -0.487 e. The molecule has 0 spiro atoms. The van der Waals surface area contributed by atoms with Crippen LogP contribution in [0, 0.1) is 13.8 Å². The van der Waals surface area contributed by atoms with Crippen molar-refractivity contribution in [3.8, 4) is 5.75 Å². The largest absolute Gasteiger partial charge is 0.487 e. The molecule has 0 saturated carbocycles. The Morgan fingerprint density at radius 2 is 1.76 bits per heavy atom. The van der Waals surface area contributed by atoms with Gasteiger partial charge in [0, 0.05) is 11.9 Å². The molecule has 108 valence electrons. The van der Waals surface area contributed by atoms with Gasteiger partial charge in [0.1, 0.15) is 18.1 Å². The molecule has 0 amide bonds. The van der Waals surface area contributed by atoms with Gasteiger partial charge in [-0.15, -0.1) is 0 Å². The number of ether oxygens (including phenoxy) is 1. The first kappa shape index (κ1) is 13.7. The van der Waals surface area contributed by atoms with Gasteiger partial charge in [-0.2, -0.15) is 5.10 Å². The van der Waals surface area contributed by atoms with E-state index in [9.17, 15) is 0 Å². The Labute approximate surface area is 125 Å². The summed E-state index contributed by atoms with van der Waals surface area (Å²) < 4.78 is 7.97. The number of para-hydroxylation sites is 1. The fraction of sp³-hybridized carbons (Fsp3) is 0.278. The van der Waals surface area contributed by atoms with Crippen LogP contribution in [0.1, 0.15) is 23.7 Å². The number of rotatable bonds is 4. The molecule has 0 fully saturated rings. The summed E-state index contributed by atoms with van der Waals surface area (Å²) in [5.41, 5.74) is 4.59. The van der Waals surface area contributed by atoms with Crippen molar-refractivity contribution in [2.75, 3.05) is 0 Å². The fourth-order valence-electron chi connectivity index (χ4n) is 2.71. The van der Waals surface area contributed by atoms with Gasteiger partial charge in [0.05, 0.1) is 5.52 Å². The summed E-state index contributed by atoms with van der Waals surface area (Å²) >= 11 is 0. The van der Waals surface area contributed by atoms with E-state index in [4.69, 9.17) is 4.74 Å². The van der Waals surface area contributed by atoms with Crippen LogP contribution in [0.15, 0.2) is 42.5 Å². The van der Waals surface area contributed by atoms with Crippen LogP contribution < -0.4 is 4.74 Å². The van der Waals surface area contributed by atoms with Gasteiger partial charge >= 0.3 is 0 Å². The Bertz CT molecular complexity index is 754. The molecular weight excluding hydrogens is 260 g/mol. The smallest absolute Gasteiger partial charge is 0.133 e. The van der Waals surface area contributed by atoms with Gasteiger partial charge in [-0.05, 0) is 50.1 Å². The van der Waals surface area contributed by atoms with E-state index < -0.39 is 0 Å². The van der Waals surface area contributed by atoms with Crippen LogP contribution in [0.25, 0.3) is 10.9 Å². The standard InChI is InChI=1S/C18H20N2O/c1-4-20-18-8-6-5-7-16(18)17(19-20)12-21-15-10-13(2)9-14(3)11-15/h5-11H,4,12H2,1-3H3. The van der Waals surface area contributed by atoms with Crippen molar-refractivity contribution in [1.29, 1.82) is 0 Å². The number of benzene rings is 2. The summed E-state index contributed by atoms with van der Waals surface area (Å²) in [6, 6.07) is 14.6. The monoisotopic (exact) mass is 280 g/mol. The maximum absolute atomic E-state index is 5.94. The summed E-state index contributed by atoms with van der Waals surface area (Å²) in [5, 5.41) is 5.83. The Kier molecular flexibility index (Phi) is 3.65. The summed E-state index contributed by atoms with van der Waals surface area (Å²) in [7, 11) is 0. The Morgan fingerprint density at radius 3 is 2.48 bits per heavy atom. The predicted octanol–water partition coefficient (Wildman–Crippen LogP) is 4.25. The minimum atomic E-state index is 0.496. The molecule has 3 heteroatoms. The zero-order valence-corrected chi connectivity index (χ0v) is 12.8. The zero-order valence-electron chi connectivity index (χ0n) is 12.8. The quantitative estimate of drug-likeness (QED) is 0.714. The summed E-state index contributed by atoms with van der Waals surface area (Å²) in [4.78, 5) is 0. The molecule has 3 aromatic rings. The maximum atomic E-state index is 5.94. The molecule has 0 radical (unpaired) electrons. The fourth-order valence-corrected chi connectivity index (χ4v) is 2.71. The lowest BCUT2D eigenvalue weighted by atomic mass is 10.1. The SMILES string of the molecule is CCn1nc(COc2cc(C)cc(C)c2)c2ccccc21. The number of aryl methyl sites for hydroxylation is 3. The van der Waals surface area contributed by atoms with E-state index in [0.29, 0.717) is 6.61 Å². The molecule has 0 unspecified atom stereocenters. The molecule has 0 N–H and O–H groups in total. The van der Waals surface area contributed by atoms with Crippen LogP contribution in [0.5, 0.6) is 5.75 Å². The van der Waals surface area contributed by atoms with Crippen molar-refractivity contribution >= 4 is 10.9 Å². The van der Waals surface area contributed by atoms with Crippen molar-refractivity contribution in [3.63, 3.8) is 0 Å². The van der Waals surface area contributed by atoms with Crippen molar-refractivity contribution < 1.29 is 4.74 Å². The molecule has 3 nitrogen and oxygen atoms in total. The van der Waals surface area contributed by atoms with Gasteiger partial charge in [-0.1, -0.05) is 24.3 Å². The number of aromatic nitrogens is 2. The van der Waals surface area contributed by atoms with Gasteiger partial charge in [0.2, 0.25) is 0 Å². The van der Waals surface area contributed by atoms with E-state index in [-0.39, 0.29) is 0 Å². The highest BCUT2D eigenvalue weighted by Crippen LogP contribution is 2.22. The van der Waals surface area contributed by atoms with E-state index >= 15 is 0 Å². The van der Waals surface area contributed by atoms with Crippen molar-refractivity contribution in [3.05, 3.63) is 59.3 Å². The second-order valence-electron chi connectivity index (χ2n) is 5.39. The highest BCUT2D eigenvalue weighted by molar-refractivity contribution is 5.81. The number of fused-ring (bicyclic) bond motifs is 1. The van der Waals surface area contributed by atoms with Gasteiger partial charge < -0.3 is 4.74 Å². The van der Waals surface area contributed by atoms with Crippen molar-refractivity contribution in [2.24, 2.45) is 0 Å². The molecule has 2 aromatic carbocycles. The second-order valence-corrected chi connectivity index (χ2v) is 5.39. The second kappa shape index (κ2) is 5.60. The average Bonchev–Trinajstić information content (AvgIpc) is 2.82. The van der Waals surface area contributed by atoms with E-state index in [0.717, 1.165) is 18.0 Å². The molecule has 3 rings (SSSR count). The summed E-state index contributed by atoms with van der Waals surface area (Å²) in [5.74, 6) is 0.905. The summed E-state index contributed by atoms with van der Waals surface area (Å²) in [6.07, 6.45) is 0. The Balaban J connectivity index is 1.88. The molecule has 0 aliphatic heterocycles. The molecule has 1 heterocycles. The lowest BCUT2D eigenvalue weighted by Gasteiger charge is -2.07. The van der Waals surface area contributed by atoms with E-state index in [1.165, 1.54) is 22.0 Å². The Morgan fingerprint density at radius 1 is 1.05 bits per heavy atom. The Hall–Kier alpha value is -2.29. The number of hydrogen-bond acceptors (Lipinski definition) is 2. The molecular formula is C18H20N2O. The van der Waals surface area contributed by atoms with Gasteiger partial charge in [-0.25, -0.2) is 0 Å². The highest BCUT2D eigenvalue weighted by Gasteiger charge is 2.09. The van der Waals surface area contributed by atoms with Crippen LogP contribution in [0.3, 0.4) is 0 Å². The topological polar surface area (TPSA) is 27.1 Å². The third-order valence-electron chi connectivity index (χ3n) is 3.60. The number of hydrogen-bond donors (Lipinski definition) is 0. The van der Waals surface area contributed by atoms with Gasteiger partial charge in [0.15, 0.2) is 0 Å². The number of nitrogens with zero attached hydrogens (tertiary/aromatic N) is 2. The van der Waals surface area contributed by atoms with Crippen LogP contribution in [0.4, 0.5) is 0 Å². The van der Waals surface area contributed by atoms with E-state index in [2.05, 4.69) is 56.2 Å². The third-order valence-corrected chi connectivity index (χ3v) is 3.60. The maximum Gasteiger partial charge on any atom is 0.133 e. The lowest BCUT2D eigenvalue weighted by molar-refractivity contribution is 0.300. The van der Waals surface area contributed by atoms with Gasteiger partial charge in [0.25, 0.3) is 0 Å². The normalized spacial score (nSPS) is 11.0. The molecule has 21 heavy (non-hydrogen) atoms. The van der Waals surface area contributed by atoms with Crippen molar-refractivity contribution in [1.82, 2.24) is 9.78 Å². The lowest BCUT2D eigenvalue weighted by Crippen LogP contribution is -2.00. The molecule has 0 bridgehead atoms. The van der Waals surface area contributed by atoms with E-state index in [1.807, 2.05) is 16.8 Å². The average molecular weight is 280 g/mol. The van der Waals surface area contributed by atoms with Gasteiger partial charge in [-0.3, -0.25) is 4.68 Å². The van der Waals surface area contributed by atoms with Crippen LogP contribution in [-0.4, -0.2) is 9.78 Å². The minimum absolute atomic E-state index is 0.496. The first-order chi connectivity index (χ1) is 10.2. The third kappa shape index (κ3) is 2.77.